The van der Waals surface area contributed by atoms with E-state index in [4.69, 9.17) is 0 Å². The van der Waals surface area contributed by atoms with Gasteiger partial charge in [-0.3, -0.25) is 9.48 Å². The van der Waals surface area contributed by atoms with Crippen LogP contribution >= 0.6 is 0 Å². The fourth-order valence-corrected chi connectivity index (χ4v) is 3.80. The highest BCUT2D eigenvalue weighted by molar-refractivity contribution is 5.82. The van der Waals surface area contributed by atoms with E-state index >= 15 is 0 Å². The average molecular weight is 370 g/mol. The first-order valence-electron chi connectivity index (χ1n) is 9.43. The Labute approximate surface area is 163 Å². The minimum absolute atomic E-state index is 0.0663. The van der Waals surface area contributed by atoms with Crippen LogP contribution in [0.1, 0.15) is 30.7 Å². The van der Waals surface area contributed by atoms with Gasteiger partial charge in [-0.15, -0.1) is 0 Å². The highest BCUT2D eigenvalue weighted by atomic mass is 16.1. The zero-order chi connectivity index (χ0) is 19.9. The van der Waals surface area contributed by atoms with Crippen LogP contribution in [0.25, 0.3) is 21.8 Å². The molecule has 1 atom stereocenters. The largest absolute Gasteiger partial charge is 0.322 e. The number of nitrogens with zero attached hydrogens (tertiary/aromatic N) is 3. The summed E-state index contributed by atoms with van der Waals surface area (Å²) in [6.45, 7) is 3.91. The van der Waals surface area contributed by atoms with E-state index < -0.39 is 5.41 Å². The molecule has 0 aliphatic heterocycles. The van der Waals surface area contributed by atoms with E-state index in [0.29, 0.717) is 12.8 Å². The predicted octanol–water partition coefficient (Wildman–Crippen LogP) is 4.00. The number of nitrogens with one attached hydrogen (secondary N) is 1. The minimum Gasteiger partial charge on any atom is -0.322 e. The van der Waals surface area contributed by atoms with Gasteiger partial charge in [0.15, 0.2) is 0 Å². The van der Waals surface area contributed by atoms with E-state index in [1.54, 1.807) is 0 Å². The van der Waals surface area contributed by atoms with Gasteiger partial charge in [-0.1, -0.05) is 37.3 Å². The molecule has 0 amide bonds. The standard InChI is InChI=1S/C23H22N4O/c1-4-15-11-16-9-10-17(12-20(16)25-22(15)28)23(2,14-24)13-21-18-7-5-6-8-19(18)26-27(21)3/h5-12H,4,13H2,1-3H3,(H,25,28). The molecule has 0 bridgehead atoms. The smallest absolute Gasteiger partial charge is 0.251 e. The van der Waals surface area contributed by atoms with Crippen LogP contribution < -0.4 is 5.56 Å². The van der Waals surface area contributed by atoms with Crippen molar-refractivity contribution in [1.29, 1.82) is 5.26 Å². The second kappa shape index (κ2) is 6.65. The summed E-state index contributed by atoms with van der Waals surface area (Å²) in [7, 11) is 1.91. The van der Waals surface area contributed by atoms with Crippen LogP contribution in [0.2, 0.25) is 0 Å². The van der Waals surface area contributed by atoms with Gasteiger partial charge >= 0.3 is 0 Å². The Balaban J connectivity index is 1.82. The predicted molar refractivity (Wildman–Crippen MR) is 111 cm³/mol. The van der Waals surface area contributed by atoms with Crippen molar-refractivity contribution < 1.29 is 0 Å². The molecule has 0 spiro atoms. The van der Waals surface area contributed by atoms with Crippen molar-refractivity contribution in [3.8, 4) is 6.07 Å². The molecule has 0 fully saturated rings. The fourth-order valence-electron chi connectivity index (χ4n) is 3.80. The van der Waals surface area contributed by atoms with Crippen LogP contribution in [-0.2, 0) is 25.3 Å². The van der Waals surface area contributed by atoms with E-state index in [-0.39, 0.29) is 5.56 Å². The molecule has 2 aromatic carbocycles. The molecule has 2 heterocycles. The SMILES string of the molecule is CCc1cc2ccc(C(C)(C#N)Cc3c4ccccc4nn3C)cc2[nH]c1=O. The number of benzene rings is 2. The molecule has 0 aliphatic carbocycles. The monoisotopic (exact) mass is 370 g/mol. The molecular formula is C23H22N4O. The van der Waals surface area contributed by atoms with Gasteiger partial charge in [0.25, 0.3) is 5.56 Å². The van der Waals surface area contributed by atoms with Gasteiger partial charge in [-0.2, -0.15) is 10.4 Å². The third kappa shape index (κ3) is 2.87. The number of fused-ring (bicyclic) bond motifs is 2. The van der Waals surface area contributed by atoms with E-state index in [9.17, 15) is 10.1 Å². The van der Waals surface area contributed by atoms with Gasteiger partial charge in [0, 0.05) is 35.6 Å². The van der Waals surface area contributed by atoms with Crippen LogP contribution in [0.4, 0.5) is 0 Å². The summed E-state index contributed by atoms with van der Waals surface area (Å²) in [5, 5.41) is 16.7. The van der Waals surface area contributed by atoms with Gasteiger partial charge in [-0.25, -0.2) is 0 Å². The van der Waals surface area contributed by atoms with E-state index in [1.807, 2.05) is 74.1 Å². The number of nitriles is 1. The van der Waals surface area contributed by atoms with Crippen molar-refractivity contribution in [2.75, 3.05) is 0 Å². The maximum atomic E-state index is 12.2. The molecule has 2 aromatic heterocycles. The van der Waals surface area contributed by atoms with Crippen LogP contribution in [0.3, 0.4) is 0 Å². The zero-order valence-electron chi connectivity index (χ0n) is 16.3. The number of H-pyrrole nitrogens is 1. The van der Waals surface area contributed by atoms with Gasteiger partial charge in [0.2, 0.25) is 0 Å². The topological polar surface area (TPSA) is 74.5 Å². The lowest BCUT2D eigenvalue weighted by atomic mass is 9.79. The van der Waals surface area contributed by atoms with Crippen molar-refractivity contribution in [2.45, 2.75) is 32.1 Å². The second-order valence-corrected chi connectivity index (χ2v) is 7.49. The van der Waals surface area contributed by atoms with E-state index in [2.05, 4.69) is 16.2 Å². The molecule has 0 saturated heterocycles. The van der Waals surface area contributed by atoms with Gasteiger partial charge in [0.1, 0.15) is 0 Å². The van der Waals surface area contributed by atoms with Crippen molar-refractivity contribution in [1.82, 2.24) is 14.8 Å². The zero-order valence-corrected chi connectivity index (χ0v) is 16.3. The normalized spacial score (nSPS) is 13.5. The number of hydrogen-bond acceptors (Lipinski definition) is 3. The first-order chi connectivity index (χ1) is 13.4. The Bertz CT molecular complexity index is 1290. The Morgan fingerprint density at radius 3 is 2.75 bits per heavy atom. The first kappa shape index (κ1) is 18.0. The lowest BCUT2D eigenvalue weighted by Gasteiger charge is -2.23. The molecule has 28 heavy (non-hydrogen) atoms. The van der Waals surface area contributed by atoms with E-state index in [0.717, 1.165) is 38.6 Å². The quantitative estimate of drug-likeness (QED) is 0.590. The molecular weight excluding hydrogens is 348 g/mol. The van der Waals surface area contributed by atoms with Gasteiger partial charge in [0.05, 0.1) is 17.0 Å². The number of aromatic amines is 1. The summed E-state index contributed by atoms with van der Waals surface area (Å²) in [6.07, 6.45) is 1.22. The molecule has 5 nitrogen and oxygen atoms in total. The maximum Gasteiger partial charge on any atom is 0.251 e. The van der Waals surface area contributed by atoms with Crippen LogP contribution in [0.5, 0.6) is 0 Å². The van der Waals surface area contributed by atoms with Gasteiger partial charge < -0.3 is 4.98 Å². The van der Waals surface area contributed by atoms with Crippen LogP contribution in [0.15, 0.2) is 53.3 Å². The Hall–Kier alpha value is -3.39. The molecule has 140 valence electrons. The highest BCUT2D eigenvalue weighted by Crippen LogP contribution is 2.32. The number of rotatable bonds is 4. The van der Waals surface area contributed by atoms with Crippen molar-refractivity contribution >= 4 is 21.8 Å². The summed E-state index contributed by atoms with van der Waals surface area (Å²) < 4.78 is 1.86. The Morgan fingerprint density at radius 1 is 1.21 bits per heavy atom. The molecule has 0 saturated carbocycles. The van der Waals surface area contributed by atoms with Crippen molar-refractivity contribution in [3.05, 3.63) is 75.7 Å². The van der Waals surface area contributed by atoms with E-state index in [1.165, 1.54) is 0 Å². The average Bonchev–Trinajstić information content (AvgIpc) is 3.02. The van der Waals surface area contributed by atoms with Crippen LogP contribution in [-0.4, -0.2) is 14.8 Å². The molecule has 5 heteroatoms. The van der Waals surface area contributed by atoms with Crippen molar-refractivity contribution in [3.63, 3.8) is 0 Å². The lowest BCUT2D eigenvalue weighted by molar-refractivity contribution is 0.571. The second-order valence-electron chi connectivity index (χ2n) is 7.49. The lowest BCUT2D eigenvalue weighted by Crippen LogP contribution is -2.24. The molecule has 1 N–H and O–H groups in total. The Morgan fingerprint density at radius 2 is 2.00 bits per heavy atom. The third-order valence-electron chi connectivity index (χ3n) is 5.57. The first-order valence-corrected chi connectivity index (χ1v) is 9.43. The van der Waals surface area contributed by atoms with Crippen LogP contribution in [0, 0.1) is 11.3 Å². The molecule has 4 rings (SSSR count). The fraction of sp³-hybridized carbons (Fsp3) is 0.261. The molecule has 0 aliphatic rings. The maximum absolute atomic E-state index is 12.2. The highest BCUT2D eigenvalue weighted by Gasteiger charge is 2.29. The van der Waals surface area contributed by atoms with Crippen molar-refractivity contribution in [2.24, 2.45) is 7.05 Å². The molecule has 0 radical (unpaired) electrons. The summed E-state index contributed by atoms with van der Waals surface area (Å²) in [4.78, 5) is 15.2. The number of hydrogen-bond donors (Lipinski definition) is 1. The summed E-state index contributed by atoms with van der Waals surface area (Å²) in [5.74, 6) is 0. The number of aryl methyl sites for hydroxylation is 2. The summed E-state index contributed by atoms with van der Waals surface area (Å²) in [6, 6.07) is 18.3. The summed E-state index contributed by atoms with van der Waals surface area (Å²) in [5.41, 5.74) is 3.55. The third-order valence-corrected chi connectivity index (χ3v) is 5.57. The summed E-state index contributed by atoms with van der Waals surface area (Å²) >= 11 is 0. The van der Waals surface area contributed by atoms with Gasteiger partial charge in [-0.05, 0) is 42.5 Å². The number of aromatic nitrogens is 3. The molecule has 4 aromatic rings. The number of pyridine rings is 1. The Kier molecular flexibility index (Phi) is 4.27. The molecule has 1 unspecified atom stereocenters. The minimum atomic E-state index is -0.745.